The van der Waals surface area contributed by atoms with Gasteiger partial charge in [-0.05, 0) is 13.8 Å². The fourth-order valence-corrected chi connectivity index (χ4v) is 1.12. The SMILES string of the molecule is CC.Cc1cn2cc(C)[nH]c2n1. The molecule has 2 heterocycles. The lowest BCUT2D eigenvalue weighted by Gasteiger charge is -1.75. The zero-order chi connectivity index (χ0) is 9.14. The third kappa shape index (κ3) is 1.49. The molecule has 2 aromatic rings. The summed E-state index contributed by atoms with van der Waals surface area (Å²) in [5.74, 6) is 0.926. The number of aryl methyl sites for hydroxylation is 2. The minimum atomic E-state index is 0.926. The molecule has 0 amide bonds. The Morgan fingerprint density at radius 2 is 1.92 bits per heavy atom. The summed E-state index contributed by atoms with van der Waals surface area (Å²) in [6.07, 6.45) is 4.02. The van der Waals surface area contributed by atoms with Crippen LogP contribution in [-0.4, -0.2) is 14.4 Å². The number of hydrogen-bond acceptors (Lipinski definition) is 1. The lowest BCUT2D eigenvalue weighted by atomic mass is 10.5. The van der Waals surface area contributed by atoms with E-state index in [0.717, 1.165) is 17.2 Å². The summed E-state index contributed by atoms with van der Waals surface area (Å²) >= 11 is 0. The molecule has 66 valence electrons. The van der Waals surface area contributed by atoms with E-state index in [1.165, 1.54) is 0 Å². The standard InChI is InChI=1S/C7H9N3.C2H6/c1-5-3-10-4-6(2)9-7(10)8-5;1-2/h3-4H,1-2H3,(H,8,9);1-2H3. The minimum Gasteiger partial charge on any atom is -0.328 e. The molecule has 0 fully saturated rings. The Bertz CT molecular complexity index is 294. The van der Waals surface area contributed by atoms with Gasteiger partial charge in [-0.3, -0.25) is 4.40 Å². The van der Waals surface area contributed by atoms with Crippen molar-refractivity contribution in [3.05, 3.63) is 23.8 Å². The molecule has 0 saturated carbocycles. The van der Waals surface area contributed by atoms with E-state index in [1.54, 1.807) is 0 Å². The molecule has 0 aliphatic rings. The average molecular weight is 165 g/mol. The van der Waals surface area contributed by atoms with Crippen molar-refractivity contribution in [3.8, 4) is 0 Å². The van der Waals surface area contributed by atoms with Gasteiger partial charge in [-0.25, -0.2) is 4.98 Å². The minimum absolute atomic E-state index is 0.926. The Balaban J connectivity index is 0.000000336. The number of H-pyrrole nitrogens is 1. The lowest BCUT2D eigenvalue weighted by molar-refractivity contribution is 1.21. The summed E-state index contributed by atoms with van der Waals surface area (Å²) in [6, 6.07) is 0. The first-order valence-corrected chi connectivity index (χ1v) is 4.26. The highest BCUT2D eigenvalue weighted by molar-refractivity contribution is 5.32. The Hall–Kier alpha value is -1.25. The topological polar surface area (TPSA) is 33.1 Å². The smallest absolute Gasteiger partial charge is 0.211 e. The Morgan fingerprint density at radius 3 is 2.50 bits per heavy atom. The molecule has 3 nitrogen and oxygen atoms in total. The number of hydrogen-bond donors (Lipinski definition) is 1. The van der Waals surface area contributed by atoms with Crippen LogP contribution in [0.3, 0.4) is 0 Å². The fourth-order valence-electron chi connectivity index (χ4n) is 1.12. The van der Waals surface area contributed by atoms with Gasteiger partial charge in [0.25, 0.3) is 0 Å². The van der Waals surface area contributed by atoms with Crippen molar-refractivity contribution in [2.75, 3.05) is 0 Å². The van der Waals surface area contributed by atoms with Crippen molar-refractivity contribution in [2.24, 2.45) is 0 Å². The van der Waals surface area contributed by atoms with Gasteiger partial charge in [0.15, 0.2) is 0 Å². The molecule has 3 heteroatoms. The highest BCUT2D eigenvalue weighted by atomic mass is 15.1. The molecule has 0 aromatic carbocycles. The molecule has 0 aliphatic heterocycles. The summed E-state index contributed by atoms with van der Waals surface area (Å²) in [5.41, 5.74) is 2.19. The van der Waals surface area contributed by atoms with E-state index in [9.17, 15) is 0 Å². The number of aromatic nitrogens is 3. The highest BCUT2D eigenvalue weighted by Crippen LogP contribution is 2.03. The van der Waals surface area contributed by atoms with Gasteiger partial charge >= 0.3 is 0 Å². The second-order valence-electron chi connectivity index (χ2n) is 2.55. The summed E-state index contributed by atoms with van der Waals surface area (Å²) in [7, 11) is 0. The zero-order valence-corrected chi connectivity index (χ0v) is 8.05. The molecule has 0 atom stereocenters. The van der Waals surface area contributed by atoms with Crippen LogP contribution in [-0.2, 0) is 0 Å². The number of fused-ring (bicyclic) bond motifs is 1. The Kier molecular flexibility index (Phi) is 2.53. The van der Waals surface area contributed by atoms with Gasteiger partial charge in [-0.1, -0.05) is 13.8 Å². The summed E-state index contributed by atoms with van der Waals surface area (Å²) in [5, 5.41) is 0. The lowest BCUT2D eigenvalue weighted by Crippen LogP contribution is -1.71. The molecular weight excluding hydrogens is 150 g/mol. The van der Waals surface area contributed by atoms with Crippen LogP contribution in [0.5, 0.6) is 0 Å². The largest absolute Gasteiger partial charge is 0.328 e. The second-order valence-corrected chi connectivity index (χ2v) is 2.55. The second kappa shape index (κ2) is 3.43. The molecule has 0 saturated heterocycles. The maximum Gasteiger partial charge on any atom is 0.211 e. The monoisotopic (exact) mass is 165 g/mol. The molecule has 0 unspecified atom stereocenters. The maximum absolute atomic E-state index is 4.24. The van der Waals surface area contributed by atoms with E-state index in [0.29, 0.717) is 0 Å². The van der Waals surface area contributed by atoms with Crippen molar-refractivity contribution < 1.29 is 0 Å². The Morgan fingerprint density at radius 1 is 1.25 bits per heavy atom. The van der Waals surface area contributed by atoms with Crippen molar-refractivity contribution in [1.29, 1.82) is 0 Å². The van der Waals surface area contributed by atoms with Crippen LogP contribution in [0.1, 0.15) is 25.2 Å². The third-order valence-corrected chi connectivity index (χ3v) is 1.49. The van der Waals surface area contributed by atoms with Crippen LogP contribution in [0.2, 0.25) is 0 Å². The van der Waals surface area contributed by atoms with E-state index in [2.05, 4.69) is 9.97 Å². The maximum atomic E-state index is 4.24. The van der Waals surface area contributed by atoms with Gasteiger partial charge in [0.1, 0.15) is 0 Å². The normalized spacial score (nSPS) is 9.67. The van der Waals surface area contributed by atoms with Gasteiger partial charge in [0.2, 0.25) is 5.78 Å². The molecule has 0 bridgehead atoms. The molecule has 0 aliphatic carbocycles. The average Bonchev–Trinajstić information content (AvgIpc) is 2.48. The summed E-state index contributed by atoms with van der Waals surface area (Å²) < 4.78 is 1.99. The van der Waals surface area contributed by atoms with Gasteiger partial charge < -0.3 is 4.98 Å². The van der Waals surface area contributed by atoms with Crippen LogP contribution in [0, 0.1) is 13.8 Å². The van der Waals surface area contributed by atoms with Crippen LogP contribution < -0.4 is 0 Å². The van der Waals surface area contributed by atoms with Crippen molar-refractivity contribution in [3.63, 3.8) is 0 Å². The van der Waals surface area contributed by atoms with Gasteiger partial charge in [0.05, 0.1) is 5.69 Å². The molecule has 0 spiro atoms. The number of nitrogens with one attached hydrogen (secondary N) is 1. The summed E-state index contributed by atoms with van der Waals surface area (Å²) in [4.78, 5) is 7.37. The highest BCUT2D eigenvalue weighted by Gasteiger charge is 1.97. The van der Waals surface area contributed by atoms with Crippen LogP contribution in [0.4, 0.5) is 0 Å². The van der Waals surface area contributed by atoms with E-state index >= 15 is 0 Å². The molecule has 0 radical (unpaired) electrons. The van der Waals surface area contributed by atoms with Gasteiger partial charge in [-0.2, -0.15) is 0 Å². The van der Waals surface area contributed by atoms with Gasteiger partial charge in [-0.15, -0.1) is 0 Å². The number of nitrogens with zero attached hydrogens (tertiary/aromatic N) is 2. The van der Waals surface area contributed by atoms with E-state index < -0.39 is 0 Å². The number of imidazole rings is 2. The van der Waals surface area contributed by atoms with Crippen molar-refractivity contribution in [1.82, 2.24) is 14.4 Å². The first kappa shape index (κ1) is 8.84. The molecule has 12 heavy (non-hydrogen) atoms. The predicted molar refractivity (Wildman–Crippen MR) is 50.4 cm³/mol. The molecule has 1 N–H and O–H groups in total. The quantitative estimate of drug-likeness (QED) is 0.638. The molecular formula is C9H15N3. The first-order chi connectivity index (χ1) is 5.75. The van der Waals surface area contributed by atoms with E-state index in [-0.39, 0.29) is 0 Å². The summed E-state index contributed by atoms with van der Waals surface area (Å²) in [6.45, 7) is 8.00. The zero-order valence-electron chi connectivity index (χ0n) is 8.05. The number of aromatic amines is 1. The van der Waals surface area contributed by atoms with Crippen molar-refractivity contribution >= 4 is 5.78 Å². The van der Waals surface area contributed by atoms with Gasteiger partial charge in [0, 0.05) is 18.1 Å². The van der Waals surface area contributed by atoms with Crippen LogP contribution >= 0.6 is 0 Å². The van der Waals surface area contributed by atoms with E-state index in [4.69, 9.17) is 0 Å². The van der Waals surface area contributed by atoms with E-state index in [1.807, 2.05) is 44.5 Å². The molecule has 2 aromatic heterocycles. The van der Waals surface area contributed by atoms with Crippen molar-refractivity contribution in [2.45, 2.75) is 27.7 Å². The first-order valence-electron chi connectivity index (χ1n) is 4.26. The molecule has 2 rings (SSSR count). The van der Waals surface area contributed by atoms with Crippen LogP contribution in [0.25, 0.3) is 5.78 Å². The third-order valence-electron chi connectivity index (χ3n) is 1.49. The fraction of sp³-hybridized carbons (Fsp3) is 0.444. The Labute approximate surface area is 72.4 Å². The number of rotatable bonds is 0. The predicted octanol–water partition coefficient (Wildman–Crippen LogP) is 2.31. The van der Waals surface area contributed by atoms with Crippen LogP contribution in [0.15, 0.2) is 12.4 Å².